The van der Waals surface area contributed by atoms with Crippen molar-refractivity contribution in [2.75, 3.05) is 39.6 Å². The zero-order valence-electron chi connectivity index (χ0n) is 16.8. The highest BCUT2D eigenvalue weighted by Gasteiger charge is 2.03. The highest BCUT2D eigenvalue weighted by atomic mass is 16.6. The molecule has 0 heterocycles. The van der Waals surface area contributed by atoms with Crippen LogP contribution in [0.15, 0.2) is 0 Å². The molecule has 0 saturated carbocycles. The fourth-order valence-electron chi connectivity index (χ4n) is 2.33. The largest absolute Gasteiger partial charge is 0.463 e. The molecule has 0 aliphatic carbocycles. The SMILES string of the molecule is CCCCCCCCCC(=O)OCCOCCOCCOC(=O)CCC. The Hall–Kier alpha value is -1.14. The summed E-state index contributed by atoms with van der Waals surface area (Å²) >= 11 is 0. The maximum atomic E-state index is 11.5. The molecule has 0 fully saturated rings. The Morgan fingerprint density at radius 3 is 1.54 bits per heavy atom. The predicted molar refractivity (Wildman–Crippen MR) is 101 cm³/mol. The molecule has 0 aliphatic rings. The van der Waals surface area contributed by atoms with Gasteiger partial charge in [-0.3, -0.25) is 9.59 Å². The van der Waals surface area contributed by atoms with Crippen molar-refractivity contribution in [3.05, 3.63) is 0 Å². The van der Waals surface area contributed by atoms with Gasteiger partial charge in [-0.15, -0.1) is 0 Å². The van der Waals surface area contributed by atoms with Crippen molar-refractivity contribution in [2.24, 2.45) is 0 Å². The Morgan fingerprint density at radius 2 is 1.00 bits per heavy atom. The number of carbonyl (C=O) groups excluding carboxylic acids is 2. The second-order valence-corrected chi connectivity index (χ2v) is 6.29. The Kier molecular flexibility index (Phi) is 19.3. The summed E-state index contributed by atoms with van der Waals surface area (Å²) in [5.74, 6) is -0.335. The molecule has 0 aromatic carbocycles. The second kappa shape index (κ2) is 20.2. The predicted octanol–water partition coefficient (Wildman–Crippen LogP) is 4.05. The van der Waals surface area contributed by atoms with Crippen molar-refractivity contribution in [2.45, 2.75) is 78.1 Å². The summed E-state index contributed by atoms with van der Waals surface area (Å²) < 4.78 is 20.7. The van der Waals surface area contributed by atoms with Gasteiger partial charge in [0.1, 0.15) is 13.2 Å². The van der Waals surface area contributed by atoms with Crippen molar-refractivity contribution >= 4 is 11.9 Å². The first kappa shape index (κ1) is 24.9. The van der Waals surface area contributed by atoms with Crippen molar-refractivity contribution in [3.8, 4) is 0 Å². The van der Waals surface area contributed by atoms with E-state index in [-0.39, 0.29) is 25.2 Å². The number of hydrogen-bond acceptors (Lipinski definition) is 6. The van der Waals surface area contributed by atoms with E-state index in [1.807, 2.05) is 6.92 Å². The standard InChI is InChI=1S/C20H38O6/c1-3-5-6-7-8-9-10-12-20(22)26-18-16-24-14-13-23-15-17-25-19(21)11-4-2/h3-18H2,1-2H3. The van der Waals surface area contributed by atoms with E-state index in [0.717, 1.165) is 19.3 Å². The molecule has 0 radical (unpaired) electrons. The molecule has 0 N–H and O–H groups in total. The fraction of sp³-hybridized carbons (Fsp3) is 0.900. The third-order valence-electron chi connectivity index (χ3n) is 3.79. The van der Waals surface area contributed by atoms with Gasteiger partial charge < -0.3 is 18.9 Å². The van der Waals surface area contributed by atoms with Crippen LogP contribution in [0.25, 0.3) is 0 Å². The number of carbonyl (C=O) groups is 2. The zero-order chi connectivity index (χ0) is 19.3. The van der Waals surface area contributed by atoms with Crippen LogP contribution in [0, 0.1) is 0 Å². The molecule has 154 valence electrons. The van der Waals surface area contributed by atoms with Gasteiger partial charge in [0.2, 0.25) is 0 Å². The molecule has 0 aromatic heterocycles. The molecule has 0 aromatic rings. The maximum absolute atomic E-state index is 11.5. The van der Waals surface area contributed by atoms with E-state index >= 15 is 0 Å². The minimum Gasteiger partial charge on any atom is -0.463 e. The van der Waals surface area contributed by atoms with E-state index in [1.54, 1.807) is 0 Å². The first-order valence-corrected chi connectivity index (χ1v) is 10.2. The van der Waals surface area contributed by atoms with Gasteiger partial charge in [-0.2, -0.15) is 0 Å². The van der Waals surface area contributed by atoms with Crippen LogP contribution in [0.4, 0.5) is 0 Å². The molecule has 0 unspecified atom stereocenters. The zero-order valence-corrected chi connectivity index (χ0v) is 16.8. The molecule has 0 aliphatic heterocycles. The summed E-state index contributed by atoms with van der Waals surface area (Å²) in [4.78, 5) is 22.6. The van der Waals surface area contributed by atoms with Crippen molar-refractivity contribution in [1.29, 1.82) is 0 Å². The van der Waals surface area contributed by atoms with Crippen LogP contribution in [0.2, 0.25) is 0 Å². The van der Waals surface area contributed by atoms with E-state index < -0.39 is 0 Å². The lowest BCUT2D eigenvalue weighted by atomic mass is 10.1. The third-order valence-corrected chi connectivity index (χ3v) is 3.79. The lowest BCUT2D eigenvalue weighted by molar-refractivity contribution is -0.147. The molecular formula is C20H38O6. The Labute approximate surface area is 158 Å². The van der Waals surface area contributed by atoms with Gasteiger partial charge in [-0.05, 0) is 12.8 Å². The first-order chi connectivity index (χ1) is 12.7. The summed E-state index contributed by atoms with van der Waals surface area (Å²) in [5, 5.41) is 0. The Bertz CT molecular complexity index is 332. The van der Waals surface area contributed by atoms with Gasteiger partial charge in [0.25, 0.3) is 0 Å². The quantitative estimate of drug-likeness (QED) is 0.251. The highest BCUT2D eigenvalue weighted by molar-refractivity contribution is 5.69. The van der Waals surface area contributed by atoms with Crippen LogP contribution in [0.5, 0.6) is 0 Å². The lowest BCUT2D eigenvalue weighted by Crippen LogP contribution is -2.14. The third kappa shape index (κ3) is 19.2. The molecule has 0 saturated heterocycles. The van der Waals surface area contributed by atoms with Gasteiger partial charge in [0.15, 0.2) is 0 Å². The molecule has 0 amide bonds. The molecule has 26 heavy (non-hydrogen) atoms. The van der Waals surface area contributed by atoms with Crippen molar-refractivity contribution in [3.63, 3.8) is 0 Å². The van der Waals surface area contributed by atoms with E-state index in [2.05, 4.69) is 6.92 Å². The van der Waals surface area contributed by atoms with Crippen LogP contribution >= 0.6 is 0 Å². The van der Waals surface area contributed by atoms with Crippen LogP contribution in [-0.2, 0) is 28.5 Å². The summed E-state index contributed by atoms with van der Waals surface area (Å²) in [6.45, 7) is 6.29. The number of rotatable bonds is 19. The first-order valence-electron chi connectivity index (χ1n) is 10.2. The lowest BCUT2D eigenvalue weighted by Gasteiger charge is -2.07. The monoisotopic (exact) mass is 374 g/mol. The number of unbranched alkanes of at least 4 members (excludes halogenated alkanes) is 6. The molecule has 0 bridgehead atoms. The minimum atomic E-state index is -0.189. The normalized spacial score (nSPS) is 10.7. The summed E-state index contributed by atoms with van der Waals surface area (Å²) in [7, 11) is 0. The van der Waals surface area contributed by atoms with E-state index in [0.29, 0.717) is 39.3 Å². The van der Waals surface area contributed by atoms with Gasteiger partial charge in [0.05, 0.1) is 26.4 Å². The van der Waals surface area contributed by atoms with Crippen LogP contribution < -0.4 is 0 Å². The summed E-state index contributed by atoms with van der Waals surface area (Å²) in [6.07, 6.45) is 10.1. The summed E-state index contributed by atoms with van der Waals surface area (Å²) in [5.41, 5.74) is 0. The summed E-state index contributed by atoms with van der Waals surface area (Å²) in [6, 6.07) is 0. The molecule has 0 spiro atoms. The number of ether oxygens (including phenoxy) is 4. The number of esters is 2. The van der Waals surface area contributed by atoms with Gasteiger partial charge >= 0.3 is 11.9 Å². The van der Waals surface area contributed by atoms with Crippen LogP contribution in [0.1, 0.15) is 78.1 Å². The highest BCUT2D eigenvalue weighted by Crippen LogP contribution is 2.08. The van der Waals surface area contributed by atoms with Crippen LogP contribution in [0.3, 0.4) is 0 Å². The Morgan fingerprint density at radius 1 is 0.538 bits per heavy atom. The van der Waals surface area contributed by atoms with Crippen LogP contribution in [-0.4, -0.2) is 51.6 Å². The van der Waals surface area contributed by atoms with E-state index in [9.17, 15) is 9.59 Å². The second-order valence-electron chi connectivity index (χ2n) is 6.29. The average Bonchev–Trinajstić information content (AvgIpc) is 2.62. The van der Waals surface area contributed by atoms with Crippen molar-refractivity contribution < 1.29 is 28.5 Å². The van der Waals surface area contributed by atoms with Crippen molar-refractivity contribution in [1.82, 2.24) is 0 Å². The van der Waals surface area contributed by atoms with Gasteiger partial charge in [-0.1, -0.05) is 52.4 Å². The smallest absolute Gasteiger partial charge is 0.305 e. The minimum absolute atomic E-state index is 0.146. The van der Waals surface area contributed by atoms with E-state index in [4.69, 9.17) is 18.9 Å². The molecule has 0 atom stereocenters. The molecular weight excluding hydrogens is 336 g/mol. The maximum Gasteiger partial charge on any atom is 0.305 e. The molecule has 6 nitrogen and oxygen atoms in total. The van der Waals surface area contributed by atoms with Gasteiger partial charge in [-0.25, -0.2) is 0 Å². The fourth-order valence-corrected chi connectivity index (χ4v) is 2.33. The van der Waals surface area contributed by atoms with E-state index in [1.165, 1.54) is 32.1 Å². The average molecular weight is 375 g/mol. The topological polar surface area (TPSA) is 71.1 Å². The Balaban J connectivity index is 3.20. The molecule has 0 rings (SSSR count). The number of hydrogen-bond donors (Lipinski definition) is 0. The van der Waals surface area contributed by atoms with Gasteiger partial charge in [0, 0.05) is 12.8 Å². The molecule has 6 heteroatoms.